The zero-order chi connectivity index (χ0) is 20.2. The maximum atomic E-state index is 12.6. The number of H-pyrrole nitrogens is 1. The van der Waals surface area contributed by atoms with Crippen LogP contribution in [0, 0.1) is 24.0 Å². The van der Waals surface area contributed by atoms with Crippen LogP contribution >= 0.6 is 0 Å². The van der Waals surface area contributed by atoms with Gasteiger partial charge >= 0.3 is 0 Å². The molecule has 2 N–H and O–H groups in total. The summed E-state index contributed by atoms with van der Waals surface area (Å²) in [6.45, 7) is 7.80. The first-order valence-electron chi connectivity index (χ1n) is 8.44. The van der Waals surface area contributed by atoms with E-state index in [-0.39, 0.29) is 29.4 Å². The van der Waals surface area contributed by atoms with E-state index in [1.54, 1.807) is 20.1 Å². The molecule has 1 aromatic carbocycles. The highest BCUT2D eigenvalue weighted by atomic mass is 32.2. The molecule has 146 valence electrons. The highest BCUT2D eigenvalue weighted by Gasteiger charge is 2.25. The van der Waals surface area contributed by atoms with Gasteiger partial charge in [0.05, 0.1) is 16.0 Å². The Balaban J connectivity index is 2.33. The van der Waals surface area contributed by atoms with Gasteiger partial charge in [-0.15, -0.1) is 0 Å². The van der Waals surface area contributed by atoms with Crippen molar-refractivity contribution < 1.29 is 13.3 Å². The molecule has 0 aliphatic carbocycles. The number of nitro benzene ring substituents is 1. The molecule has 0 fully saturated rings. The predicted octanol–water partition coefficient (Wildman–Crippen LogP) is 3.02. The number of aromatic amines is 1. The molecular weight excluding hydrogens is 370 g/mol. The van der Waals surface area contributed by atoms with Crippen LogP contribution in [0.25, 0.3) is 0 Å². The fourth-order valence-electron chi connectivity index (χ4n) is 2.68. The second kappa shape index (κ2) is 8.31. The third-order valence-electron chi connectivity index (χ3n) is 4.09. The lowest BCUT2D eigenvalue weighted by molar-refractivity contribution is -0.384. The number of hydrogen-bond acceptors (Lipinski definition) is 6. The maximum absolute atomic E-state index is 12.6. The molecule has 9 nitrogen and oxygen atoms in total. The molecule has 0 amide bonds. The SMILES string of the molecule is CCN(CC)S(=O)(=O)c1ccc(N/N=C/c2cc(C)[nH]c2C)c([N+](=O)[O-])c1. The monoisotopic (exact) mass is 393 g/mol. The lowest BCUT2D eigenvalue weighted by Crippen LogP contribution is -2.30. The molecule has 0 radical (unpaired) electrons. The van der Waals surface area contributed by atoms with Gasteiger partial charge in [0.25, 0.3) is 5.69 Å². The van der Waals surface area contributed by atoms with Crippen LogP contribution in [0.3, 0.4) is 0 Å². The van der Waals surface area contributed by atoms with E-state index in [0.29, 0.717) is 0 Å². The second-order valence-corrected chi connectivity index (χ2v) is 7.87. The van der Waals surface area contributed by atoms with E-state index >= 15 is 0 Å². The van der Waals surface area contributed by atoms with Gasteiger partial charge in [0, 0.05) is 36.1 Å². The molecule has 27 heavy (non-hydrogen) atoms. The summed E-state index contributed by atoms with van der Waals surface area (Å²) in [5.41, 5.74) is 5.13. The average Bonchev–Trinajstić information content (AvgIpc) is 2.93. The lowest BCUT2D eigenvalue weighted by Gasteiger charge is -2.18. The zero-order valence-corrected chi connectivity index (χ0v) is 16.5. The first-order valence-corrected chi connectivity index (χ1v) is 9.88. The molecule has 0 bridgehead atoms. The molecule has 0 aliphatic heterocycles. The van der Waals surface area contributed by atoms with Crippen molar-refractivity contribution in [1.82, 2.24) is 9.29 Å². The predicted molar refractivity (Wildman–Crippen MR) is 105 cm³/mol. The number of nitrogens with zero attached hydrogens (tertiary/aromatic N) is 3. The first-order chi connectivity index (χ1) is 12.7. The van der Waals surface area contributed by atoms with E-state index < -0.39 is 14.9 Å². The summed E-state index contributed by atoms with van der Waals surface area (Å²) < 4.78 is 26.4. The number of hydrogen-bond donors (Lipinski definition) is 2. The lowest BCUT2D eigenvalue weighted by atomic mass is 10.2. The van der Waals surface area contributed by atoms with Crippen LogP contribution in [-0.2, 0) is 10.0 Å². The number of nitrogens with one attached hydrogen (secondary N) is 2. The van der Waals surface area contributed by atoms with Crippen LogP contribution in [0.4, 0.5) is 11.4 Å². The number of nitro groups is 1. The van der Waals surface area contributed by atoms with Gasteiger partial charge in [-0.1, -0.05) is 13.8 Å². The molecule has 0 aliphatic rings. The number of anilines is 1. The van der Waals surface area contributed by atoms with E-state index in [2.05, 4.69) is 15.5 Å². The van der Waals surface area contributed by atoms with Crippen LogP contribution in [0.5, 0.6) is 0 Å². The third-order valence-corrected chi connectivity index (χ3v) is 6.13. The van der Waals surface area contributed by atoms with Gasteiger partial charge in [0.15, 0.2) is 0 Å². The minimum Gasteiger partial charge on any atom is -0.362 e. The number of aromatic nitrogens is 1. The normalized spacial score (nSPS) is 12.0. The molecular formula is C17H23N5O4S. The highest BCUT2D eigenvalue weighted by Crippen LogP contribution is 2.29. The minimum atomic E-state index is -3.78. The van der Waals surface area contributed by atoms with Crippen LogP contribution in [0.2, 0.25) is 0 Å². The van der Waals surface area contributed by atoms with Gasteiger partial charge in [0.2, 0.25) is 10.0 Å². The average molecular weight is 393 g/mol. The number of sulfonamides is 1. The summed E-state index contributed by atoms with van der Waals surface area (Å²) in [6.07, 6.45) is 1.54. The summed E-state index contributed by atoms with van der Waals surface area (Å²) in [5, 5.41) is 15.4. The number of hydrazone groups is 1. The van der Waals surface area contributed by atoms with Gasteiger partial charge in [0.1, 0.15) is 5.69 Å². The van der Waals surface area contributed by atoms with Gasteiger partial charge in [-0.3, -0.25) is 15.5 Å². The standard InChI is InChI=1S/C17H23N5O4S/c1-5-21(6-2)27(25,26)15-7-8-16(17(10-15)22(23)24)20-18-11-14-9-12(3)19-13(14)4/h7-11,19-20H,5-6H2,1-4H3/b18-11+. The van der Waals surface area contributed by atoms with Gasteiger partial charge in [-0.05, 0) is 32.0 Å². The summed E-state index contributed by atoms with van der Waals surface area (Å²) in [6, 6.07) is 5.64. The quantitative estimate of drug-likeness (QED) is 0.406. The maximum Gasteiger partial charge on any atom is 0.295 e. The largest absolute Gasteiger partial charge is 0.362 e. The highest BCUT2D eigenvalue weighted by molar-refractivity contribution is 7.89. The van der Waals surface area contributed by atoms with Crippen LogP contribution in [0.15, 0.2) is 34.3 Å². The number of benzene rings is 1. The van der Waals surface area contributed by atoms with Crippen molar-refractivity contribution in [1.29, 1.82) is 0 Å². The Hall–Kier alpha value is -2.72. The summed E-state index contributed by atoms with van der Waals surface area (Å²) in [5.74, 6) is 0. The third kappa shape index (κ3) is 4.52. The Morgan fingerprint density at radius 1 is 1.26 bits per heavy atom. The van der Waals surface area contributed by atoms with Crippen molar-refractivity contribution in [3.8, 4) is 0 Å². The Morgan fingerprint density at radius 3 is 2.44 bits per heavy atom. The topological polar surface area (TPSA) is 121 Å². The molecule has 0 saturated heterocycles. The zero-order valence-electron chi connectivity index (χ0n) is 15.7. The molecule has 0 unspecified atom stereocenters. The van der Waals surface area contributed by atoms with Gasteiger partial charge in [-0.25, -0.2) is 8.42 Å². The summed E-state index contributed by atoms with van der Waals surface area (Å²) in [7, 11) is -3.78. The van der Waals surface area contributed by atoms with Crippen molar-refractivity contribution >= 4 is 27.6 Å². The smallest absolute Gasteiger partial charge is 0.295 e. The Morgan fingerprint density at radius 2 is 1.93 bits per heavy atom. The van der Waals surface area contributed by atoms with E-state index in [1.807, 2.05) is 19.9 Å². The Kier molecular flexibility index (Phi) is 6.34. The summed E-state index contributed by atoms with van der Waals surface area (Å²) >= 11 is 0. The van der Waals surface area contributed by atoms with Crippen molar-refractivity contribution in [3.05, 3.63) is 51.3 Å². The summed E-state index contributed by atoms with van der Waals surface area (Å²) in [4.78, 5) is 13.8. The van der Waals surface area contributed by atoms with Crippen molar-refractivity contribution in [2.45, 2.75) is 32.6 Å². The van der Waals surface area contributed by atoms with E-state index in [1.165, 1.54) is 16.4 Å². The van der Waals surface area contributed by atoms with E-state index in [4.69, 9.17) is 0 Å². The number of rotatable bonds is 8. The van der Waals surface area contributed by atoms with Crippen LogP contribution in [-0.4, -0.2) is 41.9 Å². The molecule has 2 aromatic rings. The fraction of sp³-hybridized carbons (Fsp3) is 0.353. The molecule has 1 aromatic heterocycles. The molecule has 2 rings (SSSR count). The second-order valence-electron chi connectivity index (χ2n) is 5.93. The Bertz CT molecular complexity index is 962. The van der Waals surface area contributed by atoms with Crippen molar-refractivity contribution in [2.75, 3.05) is 18.5 Å². The molecule has 1 heterocycles. The molecule has 10 heteroatoms. The molecule has 0 atom stereocenters. The number of aryl methyl sites for hydroxylation is 2. The van der Waals surface area contributed by atoms with Crippen molar-refractivity contribution in [2.24, 2.45) is 5.10 Å². The molecule has 0 saturated carbocycles. The van der Waals surface area contributed by atoms with Crippen LogP contribution < -0.4 is 5.43 Å². The Labute approximate surface area is 158 Å². The molecule has 0 spiro atoms. The van der Waals surface area contributed by atoms with E-state index in [9.17, 15) is 18.5 Å². The van der Waals surface area contributed by atoms with Gasteiger partial charge in [-0.2, -0.15) is 9.41 Å². The fourth-order valence-corrected chi connectivity index (χ4v) is 4.16. The van der Waals surface area contributed by atoms with Crippen LogP contribution in [0.1, 0.15) is 30.8 Å². The minimum absolute atomic E-state index is 0.111. The van der Waals surface area contributed by atoms with Crippen molar-refractivity contribution in [3.63, 3.8) is 0 Å². The van der Waals surface area contributed by atoms with Gasteiger partial charge < -0.3 is 4.98 Å². The first kappa shape index (κ1) is 20.6. The van der Waals surface area contributed by atoms with E-state index in [0.717, 1.165) is 23.0 Å².